The number of hydrogen-bond acceptors (Lipinski definition) is 4. The van der Waals surface area contributed by atoms with Gasteiger partial charge in [0, 0.05) is 35.5 Å². The molecule has 0 radical (unpaired) electrons. The number of thioether (sulfide) groups is 1. The van der Waals surface area contributed by atoms with E-state index < -0.39 is 0 Å². The van der Waals surface area contributed by atoms with E-state index in [9.17, 15) is 4.79 Å². The van der Waals surface area contributed by atoms with Gasteiger partial charge < -0.3 is 9.30 Å². The summed E-state index contributed by atoms with van der Waals surface area (Å²) in [4.78, 5) is 18.1. The molecule has 2 aromatic rings. The van der Waals surface area contributed by atoms with Crippen LogP contribution in [0.1, 0.15) is 72.3 Å². The predicted molar refractivity (Wildman–Crippen MR) is 126 cm³/mol. The minimum atomic E-state index is -0.271. The Hall–Kier alpha value is -1.75. The number of pyridine rings is 1. The van der Waals surface area contributed by atoms with Gasteiger partial charge in [0.15, 0.2) is 0 Å². The van der Waals surface area contributed by atoms with E-state index in [-0.39, 0.29) is 34.2 Å². The first-order chi connectivity index (χ1) is 14.8. The van der Waals surface area contributed by atoms with Crippen LogP contribution in [0, 0.1) is 16.7 Å². The molecular formula is C26H36N2O2S. The van der Waals surface area contributed by atoms with Gasteiger partial charge in [0.1, 0.15) is 11.4 Å². The van der Waals surface area contributed by atoms with Crippen molar-refractivity contribution in [2.24, 2.45) is 16.7 Å². The summed E-state index contributed by atoms with van der Waals surface area (Å²) in [7, 11) is 0. The summed E-state index contributed by atoms with van der Waals surface area (Å²) >= 11 is 1.55. The molecule has 4 nitrogen and oxygen atoms in total. The standard InChI is InChI=1S/C26H36N2O2S/c1-5-10-20(28-15-8-9-16-28)17-21(31-22-11-6-7-14-27-22)23(29)30-24-25(2,3)19-12-13-26(24,4)18-19/h6-9,11,14-16,19-21,24H,5,10,12-13,17-18H2,1-4H3/t19-,20-,21-,24-,26+/m0/s1. The molecule has 0 saturated heterocycles. The molecule has 2 fully saturated rings. The molecule has 5 heteroatoms. The van der Waals surface area contributed by atoms with Crippen LogP contribution >= 0.6 is 11.8 Å². The molecule has 2 aromatic heterocycles. The van der Waals surface area contributed by atoms with E-state index >= 15 is 0 Å². The van der Waals surface area contributed by atoms with Gasteiger partial charge in [-0.3, -0.25) is 4.79 Å². The maximum atomic E-state index is 13.6. The molecule has 0 amide bonds. The molecule has 0 unspecified atom stereocenters. The molecule has 2 aliphatic carbocycles. The Morgan fingerprint density at radius 1 is 1.26 bits per heavy atom. The molecule has 0 N–H and O–H groups in total. The summed E-state index contributed by atoms with van der Waals surface area (Å²) in [6, 6.07) is 10.3. The summed E-state index contributed by atoms with van der Waals surface area (Å²) < 4.78 is 8.64. The Balaban J connectivity index is 1.55. The largest absolute Gasteiger partial charge is 0.460 e. The van der Waals surface area contributed by atoms with E-state index in [2.05, 4.69) is 61.8 Å². The number of nitrogens with zero attached hydrogens (tertiary/aromatic N) is 2. The lowest BCUT2D eigenvalue weighted by molar-refractivity contribution is -0.164. The third-order valence-electron chi connectivity index (χ3n) is 7.69. The second-order valence-electron chi connectivity index (χ2n) is 10.3. The molecule has 0 aliphatic heterocycles. The van der Waals surface area contributed by atoms with E-state index in [4.69, 9.17) is 4.74 Å². The lowest BCUT2D eigenvalue weighted by Crippen LogP contribution is -2.45. The first kappa shape index (κ1) is 22.4. The fourth-order valence-corrected chi connectivity index (χ4v) is 7.10. The van der Waals surface area contributed by atoms with Crippen molar-refractivity contribution in [2.75, 3.05) is 0 Å². The van der Waals surface area contributed by atoms with Gasteiger partial charge in [0.2, 0.25) is 0 Å². The Bertz CT molecular complexity index is 862. The van der Waals surface area contributed by atoms with Crippen molar-refractivity contribution in [3.05, 3.63) is 48.9 Å². The lowest BCUT2D eigenvalue weighted by Gasteiger charge is -2.42. The monoisotopic (exact) mass is 440 g/mol. The quantitative estimate of drug-likeness (QED) is 0.328. The Morgan fingerprint density at radius 3 is 2.65 bits per heavy atom. The van der Waals surface area contributed by atoms with Gasteiger partial charge in [-0.1, -0.05) is 51.9 Å². The van der Waals surface area contributed by atoms with Crippen LogP contribution in [0.15, 0.2) is 53.9 Å². The van der Waals surface area contributed by atoms with Gasteiger partial charge in [0.05, 0.1) is 5.03 Å². The molecule has 2 aliphatic rings. The highest BCUT2D eigenvalue weighted by molar-refractivity contribution is 8.00. The van der Waals surface area contributed by atoms with Crippen LogP contribution in [0.25, 0.3) is 0 Å². The second kappa shape index (κ2) is 9.01. The van der Waals surface area contributed by atoms with Gasteiger partial charge in [0.25, 0.3) is 0 Å². The smallest absolute Gasteiger partial charge is 0.319 e. The van der Waals surface area contributed by atoms with Crippen molar-refractivity contribution in [3.8, 4) is 0 Å². The molecule has 168 valence electrons. The minimum Gasteiger partial charge on any atom is -0.460 e. The van der Waals surface area contributed by atoms with Crippen LogP contribution in [0.2, 0.25) is 0 Å². The maximum Gasteiger partial charge on any atom is 0.319 e. The van der Waals surface area contributed by atoms with Crippen molar-refractivity contribution < 1.29 is 9.53 Å². The topological polar surface area (TPSA) is 44.1 Å². The summed E-state index contributed by atoms with van der Waals surface area (Å²) in [6.45, 7) is 9.11. The van der Waals surface area contributed by atoms with Gasteiger partial charge in [-0.2, -0.15) is 0 Å². The van der Waals surface area contributed by atoms with E-state index in [1.165, 1.54) is 19.3 Å². The van der Waals surface area contributed by atoms with Gasteiger partial charge in [-0.25, -0.2) is 4.98 Å². The number of carbonyl (C=O) groups excluding carboxylic acids is 1. The Morgan fingerprint density at radius 2 is 2.03 bits per heavy atom. The van der Waals surface area contributed by atoms with Crippen molar-refractivity contribution >= 4 is 17.7 Å². The van der Waals surface area contributed by atoms with E-state index in [1.54, 1.807) is 18.0 Å². The predicted octanol–water partition coefficient (Wildman–Crippen LogP) is 6.53. The second-order valence-corrected chi connectivity index (χ2v) is 11.5. The molecule has 4 rings (SSSR count). The van der Waals surface area contributed by atoms with Crippen molar-refractivity contribution in [3.63, 3.8) is 0 Å². The zero-order chi connectivity index (χ0) is 22.1. The molecular weight excluding hydrogens is 404 g/mol. The van der Waals surface area contributed by atoms with Crippen LogP contribution < -0.4 is 0 Å². The fraction of sp³-hybridized carbons (Fsp3) is 0.615. The molecule has 2 heterocycles. The maximum absolute atomic E-state index is 13.6. The molecule has 2 bridgehead atoms. The first-order valence-corrected chi connectivity index (χ1v) is 12.6. The number of rotatable bonds is 9. The van der Waals surface area contributed by atoms with Crippen LogP contribution in [0.4, 0.5) is 0 Å². The van der Waals surface area contributed by atoms with Gasteiger partial charge in [-0.05, 0) is 62.3 Å². The van der Waals surface area contributed by atoms with E-state index in [0.717, 1.165) is 24.3 Å². The van der Waals surface area contributed by atoms with Crippen LogP contribution in [-0.4, -0.2) is 26.9 Å². The van der Waals surface area contributed by atoms with Crippen LogP contribution in [0.5, 0.6) is 0 Å². The highest BCUT2D eigenvalue weighted by atomic mass is 32.2. The highest BCUT2D eigenvalue weighted by Gasteiger charge is 2.61. The zero-order valence-electron chi connectivity index (χ0n) is 19.3. The van der Waals surface area contributed by atoms with Gasteiger partial charge >= 0.3 is 5.97 Å². The zero-order valence-corrected chi connectivity index (χ0v) is 20.1. The number of ether oxygens (including phenoxy) is 1. The number of fused-ring (bicyclic) bond motifs is 2. The highest BCUT2D eigenvalue weighted by Crippen LogP contribution is 2.63. The lowest BCUT2D eigenvalue weighted by atomic mass is 9.70. The van der Waals surface area contributed by atoms with Crippen LogP contribution in [0.3, 0.4) is 0 Å². The Labute approximate surface area is 191 Å². The first-order valence-electron chi connectivity index (χ1n) is 11.7. The van der Waals surface area contributed by atoms with Crippen molar-refractivity contribution in [2.45, 2.75) is 88.6 Å². The molecule has 0 spiro atoms. The number of carbonyl (C=O) groups is 1. The van der Waals surface area contributed by atoms with E-state index in [0.29, 0.717) is 5.92 Å². The average molecular weight is 441 g/mol. The van der Waals surface area contributed by atoms with Crippen LogP contribution in [-0.2, 0) is 9.53 Å². The molecule has 31 heavy (non-hydrogen) atoms. The number of esters is 1. The summed E-state index contributed by atoms with van der Waals surface area (Å²) in [6.07, 6.45) is 12.5. The van der Waals surface area contributed by atoms with Crippen molar-refractivity contribution in [1.82, 2.24) is 9.55 Å². The summed E-state index contributed by atoms with van der Waals surface area (Å²) in [5.74, 6) is 0.584. The number of hydrogen-bond donors (Lipinski definition) is 0. The van der Waals surface area contributed by atoms with Crippen molar-refractivity contribution in [1.29, 1.82) is 0 Å². The fourth-order valence-electron chi connectivity index (χ4n) is 6.06. The SMILES string of the molecule is CCC[C@@H](C[C@H](Sc1ccccn1)C(=O)O[C@H]1C(C)(C)[C@H]2CC[C@]1(C)C2)n1cccc1. The Kier molecular flexibility index (Phi) is 6.52. The normalized spacial score (nSPS) is 28.4. The van der Waals surface area contributed by atoms with E-state index in [1.807, 2.05) is 18.2 Å². The molecule has 0 aromatic carbocycles. The third-order valence-corrected chi connectivity index (χ3v) is 8.84. The minimum absolute atomic E-state index is 0.00529. The average Bonchev–Trinajstić information content (AvgIpc) is 3.45. The summed E-state index contributed by atoms with van der Waals surface area (Å²) in [5, 5.41) is 0.609. The van der Waals surface area contributed by atoms with Gasteiger partial charge in [-0.15, -0.1) is 0 Å². The third kappa shape index (κ3) is 4.57. The number of aromatic nitrogens is 2. The summed E-state index contributed by atoms with van der Waals surface area (Å²) in [5.41, 5.74) is 0.166. The molecule has 2 saturated carbocycles. The molecule has 5 atom stereocenters.